The first-order valence-corrected chi connectivity index (χ1v) is 9.12. The van der Waals surface area contributed by atoms with Crippen LogP contribution in [0.5, 0.6) is 17.2 Å². The number of ether oxygens (including phenoxy) is 3. The molecule has 29 heavy (non-hydrogen) atoms. The highest BCUT2D eigenvalue weighted by Crippen LogP contribution is 2.27. The van der Waals surface area contributed by atoms with Gasteiger partial charge in [0, 0.05) is 5.56 Å². The normalized spacial score (nSPS) is 10.4. The van der Waals surface area contributed by atoms with Crippen LogP contribution in [0, 0.1) is 0 Å². The number of carbonyl (C=O) groups excluding carboxylic acids is 2. The molecule has 0 fully saturated rings. The van der Waals surface area contributed by atoms with Gasteiger partial charge in [0.25, 0.3) is 11.8 Å². The summed E-state index contributed by atoms with van der Waals surface area (Å²) in [5.41, 5.74) is 3.51. The highest BCUT2D eigenvalue weighted by molar-refractivity contribution is 5.97. The lowest BCUT2D eigenvalue weighted by Crippen LogP contribution is -2.34. The number of carbonyl (C=O) groups is 2. The molecule has 2 aromatic carbocycles. The summed E-state index contributed by atoms with van der Waals surface area (Å²) in [5, 5.41) is 6.42. The smallest absolute Gasteiger partial charge is 0.259 e. The molecule has 0 saturated carbocycles. The molecule has 2 amide bonds. The van der Waals surface area contributed by atoms with Gasteiger partial charge < -0.3 is 19.5 Å². The molecule has 0 bridgehead atoms. The van der Waals surface area contributed by atoms with Crippen molar-refractivity contribution in [3.63, 3.8) is 0 Å². The van der Waals surface area contributed by atoms with Crippen molar-refractivity contribution in [2.45, 2.75) is 13.3 Å². The maximum absolute atomic E-state index is 12.2. The molecule has 0 radical (unpaired) electrons. The molecule has 0 atom stereocenters. The fourth-order valence-electron chi connectivity index (χ4n) is 2.36. The molecule has 8 nitrogen and oxygen atoms in total. The van der Waals surface area contributed by atoms with Crippen LogP contribution in [0.3, 0.4) is 0 Å². The molecular weight excluding hydrogens is 374 g/mol. The second kappa shape index (κ2) is 11.3. The van der Waals surface area contributed by atoms with E-state index in [0.717, 1.165) is 17.7 Å². The summed E-state index contributed by atoms with van der Waals surface area (Å²) in [6.45, 7) is 2.45. The first-order chi connectivity index (χ1) is 14.1. The predicted octanol–water partition coefficient (Wildman–Crippen LogP) is 2.37. The Balaban J connectivity index is 1.84. The molecule has 2 rings (SSSR count). The molecule has 2 N–H and O–H groups in total. The first-order valence-electron chi connectivity index (χ1n) is 9.12. The van der Waals surface area contributed by atoms with Crippen LogP contribution in [0.4, 0.5) is 0 Å². The SMILES string of the molecule is CCCOc1cccc(C=NNC(=O)CNC(=O)c2ccc(OC)c(OC)c2)c1. The van der Waals surface area contributed by atoms with Gasteiger partial charge in [0.2, 0.25) is 0 Å². The van der Waals surface area contributed by atoms with Crippen LogP contribution in [-0.2, 0) is 4.79 Å². The quantitative estimate of drug-likeness (QED) is 0.472. The monoisotopic (exact) mass is 399 g/mol. The lowest BCUT2D eigenvalue weighted by molar-refractivity contribution is -0.120. The van der Waals surface area contributed by atoms with Gasteiger partial charge in [-0.1, -0.05) is 19.1 Å². The van der Waals surface area contributed by atoms with Crippen molar-refractivity contribution in [3.05, 3.63) is 53.6 Å². The molecule has 8 heteroatoms. The summed E-state index contributed by atoms with van der Waals surface area (Å²) in [6, 6.07) is 12.1. The van der Waals surface area contributed by atoms with Crippen LogP contribution in [0.25, 0.3) is 0 Å². The second-order valence-corrected chi connectivity index (χ2v) is 5.97. The summed E-state index contributed by atoms with van der Waals surface area (Å²) in [6.07, 6.45) is 2.43. The number of benzene rings is 2. The Morgan fingerprint density at radius 2 is 1.86 bits per heavy atom. The maximum Gasteiger partial charge on any atom is 0.259 e. The number of hydrogen-bond acceptors (Lipinski definition) is 6. The molecule has 0 unspecified atom stereocenters. The highest BCUT2D eigenvalue weighted by Gasteiger charge is 2.11. The Hall–Kier alpha value is -3.55. The average Bonchev–Trinajstić information content (AvgIpc) is 2.75. The van der Waals surface area contributed by atoms with Gasteiger partial charge in [0.1, 0.15) is 5.75 Å². The molecule has 0 saturated heterocycles. The van der Waals surface area contributed by atoms with Gasteiger partial charge in [-0.3, -0.25) is 9.59 Å². The fraction of sp³-hybridized carbons (Fsp3) is 0.286. The minimum atomic E-state index is -0.450. The van der Waals surface area contributed by atoms with Crippen molar-refractivity contribution in [1.29, 1.82) is 0 Å². The second-order valence-electron chi connectivity index (χ2n) is 5.97. The molecule has 0 aliphatic heterocycles. The summed E-state index contributed by atoms with van der Waals surface area (Å²) in [7, 11) is 2.99. The number of hydrazone groups is 1. The van der Waals surface area contributed by atoms with Gasteiger partial charge in [-0.25, -0.2) is 5.43 Å². The lowest BCUT2D eigenvalue weighted by Gasteiger charge is -2.09. The van der Waals surface area contributed by atoms with Gasteiger partial charge in [0.05, 0.1) is 33.6 Å². The zero-order valence-corrected chi connectivity index (χ0v) is 16.7. The number of nitrogens with one attached hydrogen (secondary N) is 2. The summed E-state index contributed by atoms with van der Waals surface area (Å²) in [4.78, 5) is 24.1. The van der Waals surface area contributed by atoms with Gasteiger partial charge >= 0.3 is 0 Å². The van der Waals surface area contributed by atoms with Crippen molar-refractivity contribution in [2.75, 3.05) is 27.4 Å². The van der Waals surface area contributed by atoms with Gasteiger partial charge in [-0.15, -0.1) is 0 Å². The zero-order chi connectivity index (χ0) is 21.1. The minimum Gasteiger partial charge on any atom is -0.494 e. The zero-order valence-electron chi connectivity index (χ0n) is 16.7. The average molecular weight is 399 g/mol. The molecule has 0 aromatic heterocycles. The van der Waals surface area contributed by atoms with E-state index < -0.39 is 11.8 Å². The molecule has 154 valence electrons. The maximum atomic E-state index is 12.2. The van der Waals surface area contributed by atoms with E-state index in [4.69, 9.17) is 14.2 Å². The van der Waals surface area contributed by atoms with E-state index in [1.165, 1.54) is 26.5 Å². The van der Waals surface area contributed by atoms with E-state index >= 15 is 0 Å². The summed E-state index contributed by atoms with van der Waals surface area (Å²) >= 11 is 0. The van der Waals surface area contributed by atoms with Crippen molar-refractivity contribution in [3.8, 4) is 17.2 Å². The fourth-order valence-corrected chi connectivity index (χ4v) is 2.36. The third kappa shape index (κ3) is 6.84. The number of hydrogen-bond donors (Lipinski definition) is 2. The van der Waals surface area contributed by atoms with E-state index in [9.17, 15) is 9.59 Å². The molecule has 0 aliphatic rings. The van der Waals surface area contributed by atoms with Gasteiger partial charge in [-0.2, -0.15) is 5.10 Å². The van der Waals surface area contributed by atoms with Crippen LogP contribution < -0.4 is 25.0 Å². The molecule has 2 aromatic rings. The largest absolute Gasteiger partial charge is 0.494 e. The molecule has 0 spiro atoms. The molecule has 0 aliphatic carbocycles. The minimum absolute atomic E-state index is 0.218. The van der Waals surface area contributed by atoms with Crippen molar-refractivity contribution >= 4 is 18.0 Å². The first kappa shape index (κ1) is 21.7. The number of nitrogens with zero attached hydrogens (tertiary/aromatic N) is 1. The lowest BCUT2D eigenvalue weighted by atomic mass is 10.2. The van der Waals surface area contributed by atoms with Crippen molar-refractivity contribution < 1.29 is 23.8 Å². The van der Waals surface area contributed by atoms with Crippen LogP contribution in [0.15, 0.2) is 47.6 Å². The number of amides is 2. The van der Waals surface area contributed by atoms with E-state index in [1.54, 1.807) is 12.1 Å². The van der Waals surface area contributed by atoms with Crippen LogP contribution in [0.1, 0.15) is 29.3 Å². The standard InChI is InChI=1S/C21H25N3O5/c1-4-10-29-17-7-5-6-15(11-17)13-23-24-20(25)14-22-21(26)16-8-9-18(27-2)19(12-16)28-3/h5-9,11-13H,4,10,14H2,1-3H3,(H,22,26)(H,24,25). The van der Waals surface area contributed by atoms with Crippen LogP contribution >= 0.6 is 0 Å². The van der Waals surface area contributed by atoms with E-state index in [0.29, 0.717) is 23.7 Å². The van der Waals surface area contributed by atoms with Crippen LogP contribution in [-0.4, -0.2) is 45.4 Å². The number of rotatable bonds is 10. The topological polar surface area (TPSA) is 98.2 Å². The Morgan fingerprint density at radius 1 is 1.07 bits per heavy atom. The predicted molar refractivity (Wildman–Crippen MR) is 110 cm³/mol. The summed E-state index contributed by atoms with van der Waals surface area (Å²) in [5.74, 6) is 0.822. The van der Waals surface area contributed by atoms with E-state index in [-0.39, 0.29) is 6.54 Å². The van der Waals surface area contributed by atoms with E-state index in [2.05, 4.69) is 15.8 Å². The molecule has 0 heterocycles. The Labute approximate surface area is 169 Å². The number of methoxy groups -OCH3 is 2. The third-order valence-electron chi connectivity index (χ3n) is 3.79. The van der Waals surface area contributed by atoms with Gasteiger partial charge in [-0.05, 0) is 42.3 Å². The third-order valence-corrected chi connectivity index (χ3v) is 3.79. The Morgan fingerprint density at radius 3 is 2.59 bits per heavy atom. The van der Waals surface area contributed by atoms with Crippen LogP contribution in [0.2, 0.25) is 0 Å². The Kier molecular flexibility index (Phi) is 8.50. The van der Waals surface area contributed by atoms with E-state index in [1.807, 2.05) is 31.2 Å². The summed E-state index contributed by atoms with van der Waals surface area (Å²) < 4.78 is 15.8. The Bertz CT molecular complexity index is 867. The molecular formula is C21H25N3O5. The van der Waals surface area contributed by atoms with Crippen molar-refractivity contribution in [1.82, 2.24) is 10.7 Å². The van der Waals surface area contributed by atoms with Crippen molar-refractivity contribution in [2.24, 2.45) is 5.10 Å². The van der Waals surface area contributed by atoms with Gasteiger partial charge in [0.15, 0.2) is 11.5 Å². The highest BCUT2D eigenvalue weighted by atomic mass is 16.5.